The zero-order chi connectivity index (χ0) is 14.3. The van der Waals surface area contributed by atoms with Gasteiger partial charge in [0.2, 0.25) is 0 Å². The molecule has 1 heterocycles. The number of fused-ring (bicyclic) bond motifs is 1. The lowest BCUT2D eigenvalue weighted by atomic mass is 9.96. The molecule has 1 aromatic heterocycles. The number of likely N-dealkylation sites (N-methyl/N-ethyl adjacent to an activating group) is 1. The van der Waals surface area contributed by atoms with Crippen LogP contribution in [0, 0.1) is 8.34 Å². The molecule has 0 saturated heterocycles. The number of imidazole rings is 1. The van der Waals surface area contributed by atoms with E-state index in [4.69, 9.17) is 12.2 Å². The predicted octanol–water partition coefficient (Wildman–Crippen LogP) is 4.18. The van der Waals surface area contributed by atoms with Gasteiger partial charge in [0.15, 0.2) is 4.77 Å². The number of hydrogen-bond donors (Lipinski definition) is 1. The summed E-state index contributed by atoms with van der Waals surface area (Å²) in [4.78, 5) is 5.75. The van der Waals surface area contributed by atoms with Gasteiger partial charge in [-0.1, -0.05) is 12.8 Å². The Morgan fingerprint density at radius 3 is 2.70 bits per heavy atom. The Hall–Kier alpha value is -0.400. The zero-order valence-electron chi connectivity index (χ0n) is 11.9. The van der Waals surface area contributed by atoms with Crippen molar-refractivity contribution < 1.29 is 0 Å². The number of hydrogen-bond acceptors (Lipinski definition) is 2. The van der Waals surface area contributed by atoms with Gasteiger partial charge < -0.3 is 14.5 Å². The lowest BCUT2D eigenvalue weighted by Gasteiger charge is -2.36. The van der Waals surface area contributed by atoms with E-state index in [-0.39, 0.29) is 5.54 Å². The molecule has 2 aromatic rings. The molecule has 0 aliphatic heterocycles. The van der Waals surface area contributed by atoms with E-state index in [1.165, 1.54) is 34.8 Å². The Labute approximate surface area is 138 Å². The number of H-pyrrole nitrogens is 1. The molecule has 3 nitrogen and oxygen atoms in total. The lowest BCUT2D eigenvalue weighted by Crippen LogP contribution is -2.45. The third-order valence-corrected chi connectivity index (χ3v) is 5.66. The number of benzene rings is 1. The maximum Gasteiger partial charge on any atom is 0.178 e. The van der Waals surface area contributed by atoms with Crippen LogP contribution < -0.4 is 0 Å². The van der Waals surface area contributed by atoms with Crippen LogP contribution in [0.3, 0.4) is 0 Å². The van der Waals surface area contributed by atoms with Crippen molar-refractivity contribution >= 4 is 45.8 Å². The molecule has 3 rings (SSSR count). The first-order valence-corrected chi connectivity index (χ1v) is 8.56. The average molecular weight is 401 g/mol. The minimum absolute atomic E-state index is 0.260. The van der Waals surface area contributed by atoms with Gasteiger partial charge in [0.1, 0.15) is 0 Å². The van der Waals surface area contributed by atoms with Crippen molar-refractivity contribution in [3.8, 4) is 0 Å². The summed E-state index contributed by atoms with van der Waals surface area (Å²) in [6.45, 7) is 0.986. The lowest BCUT2D eigenvalue weighted by molar-refractivity contribution is 0.135. The number of nitrogens with zero attached hydrogens (tertiary/aromatic N) is 2. The van der Waals surface area contributed by atoms with Gasteiger partial charge >= 0.3 is 0 Å². The van der Waals surface area contributed by atoms with Crippen LogP contribution in [-0.4, -0.2) is 34.1 Å². The van der Waals surface area contributed by atoms with E-state index < -0.39 is 0 Å². The molecule has 1 N–H and O–H groups in total. The highest BCUT2D eigenvalue weighted by molar-refractivity contribution is 14.1. The third kappa shape index (κ3) is 2.44. The minimum Gasteiger partial charge on any atom is -0.331 e. The average Bonchev–Trinajstić information content (AvgIpc) is 2.96. The van der Waals surface area contributed by atoms with Crippen molar-refractivity contribution in [2.24, 2.45) is 0 Å². The Morgan fingerprint density at radius 2 is 2.05 bits per heavy atom. The van der Waals surface area contributed by atoms with E-state index in [1.807, 2.05) is 0 Å². The highest BCUT2D eigenvalue weighted by Gasteiger charge is 2.36. The summed E-state index contributed by atoms with van der Waals surface area (Å²) in [6.07, 6.45) is 5.18. The molecule has 1 saturated carbocycles. The molecule has 108 valence electrons. The summed E-state index contributed by atoms with van der Waals surface area (Å²) < 4.78 is 4.36. The number of aromatic nitrogens is 2. The van der Waals surface area contributed by atoms with E-state index in [1.54, 1.807) is 0 Å². The van der Waals surface area contributed by atoms with Crippen LogP contribution in [0.15, 0.2) is 18.2 Å². The second kappa shape index (κ2) is 5.42. The van der Waals surface area contributed by atoms with E-state index in [9.17, 15) is 0 Å². The van der Waals surface area contributed by atoms with Gasteiger partial charge in [0.25, 0.3) is 0 Å². The van der Waals surface area contributed by atoms with Crippen LogP contribution in [0.4, 0.5) is 0 Å². The van der Waals surface area contributed by atoms with Crippen LogP contribution in [0.2, 0.25) is 0 Å². The highest BCUT2D eigenvalue weighted by atomic mass is 127. The topological polar surface area (TPSA) is 24.0 Å². The van der Waals surface area contributed by atoms with Crippen molar-refractivity contribution in [2.75, 3.05) is 14.1 Å². The van der Waals surface area contributed by atoms with E-state index >= 15 is 0 Å². The summed E-state index contributed by atoms with van der Waals surface area (Å²) >= 11 is 7.89. The quantitative estimate of drug-likeness (QED) is 0.617. The maximum absolute atomic E-state index is 5.55. The van der Waals surface area contributed by atoms with E-state index in [0.29, 0.717) is 0 Å². The molecule has 20 heavy (non-hydrogen) atoms. The molecule has 0 bridgehead atoms. The molecular weight excluding hydrogens is 381 g/mol. The van der Waals surface area contributed by atoms with Crippen LogP contribution in [0.25, 0.3) is 11.0 Å². The van der Waals surface area contributed by atoms with Gasteiger partial charge in [-0.3, -0.25) is 0 Å². The summed E-state index contributed by atoms with van der Waals surface area (Å²) in [5.74, 6) is 0. The molecule has 1 aromatic carbocycles. The highest BCUT2D eigenvalue weighted by Crippen LogP contribution is 2.36. The van der Waals surface area contributed by atoms with Gasteiger partial charge in [-0.15, -0.1) is 0 Å². The van der Waals surface area contributed by atoms with Crippen molar-refractivity contribution in [2.45, 2.75) is 37.8 Å². The second-order valence-electron chi connectivity index (χ2n) is 6.00. The molecule has 0 amide bonds. The SMILES string of the molecule is CN(C)C1(Cn2c(=S)[nH]c3cc(I)ccc32)CCCC1. The number of nitrogens with one attached hydrogen (secondary N) is 1. The summed E-state index contributed by atoms with van der Waals surface area (Å²) in [5, 5.41) is 0. The monoisotopic (exact) mass is 401 g/mol. The van der Waals surface area contributed by atoms with Crippen LogP contribution >= 0.6 is 34.8 Å². The Bertz CT molecular complexity index is 680. The van der Waals surface area contributed by atoms with Crippen molar-refractivity contribution in [3.63, 3.8) is 0 Å². The predicted molar refractivity (Wildman–Crippen MR) is 94.7 cm³/mol. The molecular formula is C15H20IN3S. The largest absolute Gasteiger partial charge is 0.331 e. The number of halogens is 1. The van der Waals surface area contributed by atoms with Crippen LogP contribution in [-0.2, 0) is 6.54 Å². The standard InChI is InChI=1S/C15H20IN3S/c1-18(2)15(7-3-4-8-15)10-19-13-6-5-11(16)9-12(13)17-14(19)20/h5-6,9H,3-4,7-8,10H2,1-2H3,(H,17,20). The van der Waals surface area contributed by atoms with Gasteiger partial charge in [-0.25, -0.2) is 0 Å². The third-order valence-electron chi connectivity index (χ3n) is 4.67. The molecule has 1 aliphatic rings. The molecule has 0 atom stereocenters. The molecule has 0 spiro atoms. The summed E-state index contributed by atoms with van der Waals surface area (Å²) in [7, 11) is 4.40. The smallest absolute Gasteiger partial charge is 0.178 e. The van der Waals surface area contributed by atoms with Gasteiger partial charge in [-0.2, -0.15) is 0 Å². The fourth-order valence-electron chi connectivity index (χ4n) is 3.37. The minimum atomic E-state index is 0.260. The molecule has 1 fully saturated rings. The van der Waals surface area contributed by atoms with E-state index in [0.717, 1.165) is 16.8 Å². The normalized spacial score (nSPS) is 18.2. The molecule has 5 heteroatoms. The zero-order valence-corrected chi connectivity index (χ0v) is 14.9. The number of aromatic amines is 1. The van der Waals surface area contributed by atoms with Gasteiger partial charge in [-0.05, 0) is 79.9 Å². The molecule has 0 radical (unpaired) electrons. The van der Waals surface area contributed by atoms with Crippen molar-refractivity contribution in [3.05, 3.63) is 26.5 Å². The van der Waals surface area contributed by atoms with E-state index in [2.05, 4.69) is 69.3 Å². The van der Waals surface area contributed by atoms with Gasteiger partial charge in [0.05, 0.1) is 11.0 Å². The maximum atomic E-state index is 5.55. The van der Waals surface area contributed by atoms with Crippen molar-refractivity contribution in [1.29, 1.82) is 0 Å². The first-order chi connectivity index (χ1) is 9.52. The molecule has 0 unspecified atom stereocenters. The second-order valence-corrected chi connectivity index (χ2v) is 7.64. The Kier molecular flexibility index (Phi) is 3.94. The van der Waals surface area contributed by atoms with Crippen LogP contribution in [0.5, 0.6) is 0 Å². The first kappa shape index (κ1) is 14.5. The fraction of sp³-hybridized carbons (Fsp3) is 0.533. The van der Waals surface area contributed by atoms with Crippen LogP contribution in [0.1, 0.15) is 25.7 Å². The summed E-state index contributed by atoms with van der Waals surface area (Å²) in [6, 6.07) is 6.50. The number of rotatable bonds is 3. The Balaban J connectivity index is 2.06. The summed E-state index contributed by atoms with van der Waals surface area (Å²) in [5.41, 5.74) is 2.63. The Morgan fingerprint density at radius 1 is 1.35 bits per heavy atom. The fourth-order valence-corrected chi connectivity index (χ4v) is 4.13. The van der Waals surface area contributed by atoms with Crippen molar-refractivity contribution in [1.82, 2.24) is 14.5 Å². The molecule has 1 aliphatic carbocycles. The van der Waals surface area contributed by atoms with Gasteiger partial charge in [0, 0.05) is 15.7 Å². The first-order valence-electron chi connectivity index (χ1n) is 7.07.